The van der Waals surface area contributed by atoms with Crippen LogP contribution in [-0.4, -0.2) is 61.4 Å². The number of aryl methyl sites for hydroxylation is 1. The van der Waals surface area contributed by atoms with E-state index < -0.39 is 40.5 Å². The van der Waals surface area contributed by atoms with Gasteiger partial charge in [-0.1, -0.05) is 19.0 Å². The molecule has 2 N–H and O–H groups in total. The number of benzene rings is 1. The van der Waals surface area contributed by atoms with Crippen molar-refractivity contribution in [3.8, 4) is 0 Å². The minimum absolute atomic E-state index is 0.0685. The number of hydrogen-bond donors (Lipinski definition) is 2. The van der Waals surface area contributed by atoms with Crippen molar-refractivity contribution < 1.29 is 32.1 Å². The predicted molar refractivity (Wildman–Crippen MR) is 114 cm³/mol. The number of nitrogens with one attached hydrogen (secondary N) is 2. The van der Waals surface area contributed by atoms with Crippen molar-refractivity contribution in [1.82, 2.24) is 14.8 Å². The summed E-state index contributed by atoms with van der Waals surface area (Å²) in [5.41, 5.74) is 0.745. The topological polar surface area (TPSA) is 148 Å². The Bertz CT molecular complexity index is 1060. The van der Waals surface area contributed by atoms with Gasteiger partial charge in [0.15, 0.2) is 6.10 Å². The zero-order valence-corrected chi connectivity index (χ0v) is 19.1. The molecule has 2 amide bonds. The summed E-state index contributed by atoms with van der Waals surface area (Å²) in [5.74, 6) is -1.92. The molecule has 2 aromatic rings. The number of ether oxygens (including phenoxy) is 1. The summed E-state index contributed by atoms with van der Waals surface area (Å²) in [6, 6.07) is 6.88. The lowest BCUT2D eigenvalue weighted by atomic mass is 10.2. The lowest BCUT2D eigenvalue weighted by Crippen LogP contribution is -2.35. The highest BCUT2D eigenvalue weighted by Gasteiger charge is 2.22. The fraction of sp³-hybridized carbons (Fsp3) is 0.400. The molecule has 0 aliphatic heterocycles. The van der Waals surface area contributed by atoms with E-state index in [4.69, 9.17) is 9.26 Å². The molecule has 0 aliphatic carbocycles. The smallest absolute Gasteiger partial charge is 0.326 e. The molecule has 1 aromatic heterocycles. The molecule has 0 saturated heterocycles. The quantitative estimate of drug-likeness (QED) is 0.498. The molecule has 12 heteroatoms. The monoisotopic (exact) mass is 466 g/mol. The molecular weight excluding hydrogens is 440 g/mol. The number of amides is 2. The fourth-order valence-corrected chi connectivity index (χ4v) is 4.14. The van der Waals surface area contributed by atoms with E-state index in [2.05, 4.69) is 15.8 Å². The number of carbonyl (C=O) groups excluding carboxylic acids is 3. The Balaban J connectivity index is 1.87. The second kappa shape index (κ2) is 10.9. The molecule has 32 heavy (non-hydrogen) atoms. The minimum Gasteiger partial charge on any atom is -0.451 e. The molecule has 0 aliphatic rings. The normalized spacial score (nSPS) is 12.3. The standard InChI is InChI=1S/C20H26N4O7S/c1-5-24(6-2)32(28,29)16-9-7-15(8-10-16)20(27)21-12-18(25)30-14(4)19(26)22-17-11-13(3)23-31-17/h7-11,14H,5-6,12H2,1-4H3,(H,21,27)(H,22,26). The van der Waals surface area contributed by atoms with Crippen LogP contribution in [0.3, 0.4) is 0 Å². The summed E-state index contributed by atoms with van der Waals surface area (Å²) in [6.07, 6.45) is -1.13. The molecular formula is C20H26N4O7S. The van der Waals surface area contributed by atoms with E-state index >= 15 is 0 Å². The molecule has 0 bridgehead atoms. The highest BCUT2D eigenvalue weighted by Crippen LogP contribution is 2.16. The highest BCUT2D eigenvalue weighted by molar-refractivity contribution is 7.89. The van der Waals surface area contributed by atoms with Gasteiger partial charge < -0.3 is 14.6 Å². The summed E-state index contributed by atoms with van der Waals surface area (Å²) < 4.78 is 36.1. The van der Waals surface area contributed by atoms with Crippen LogP contribution >= 0.6 is 0 Å². The van der Waals surface area contributed by atoms with Gasteiger partial charge in [-0.25, -0.2) is 8.42 Å². The number of nitrogens with zero attached hydrogens (tertiary/aromatic N) is 2. The molecule has 1 atom stereocenters. The van der Waals surface area contributed by atoms with Gasteiger partial charge in [0.25, 0.3) is 11.8 Å². The average molecular weight is 467 g/mol. The fourth-order valence-electron chi connectivity index (χ4n) is 2.68. The number of hydrogen-bond acceptors (Lipinski definition) is 8. The Morgan fingerprint density at radius 1 is 1.16 bits per heavy atom. The van der Waals surface area contributed by atoms with Crippen LogP contribution in [0.5, 0.6) is 0 Å². The number of esters is 1. The second-order valence-electron chi connectivity index (χ2n) is 6.75. The first-order valence-electron chi connectivity index (χ1n) is 9.90. The second-order valence-corrected chi connectivity index (χ2v) is 8.69. The first-order chi connectivity index (χ1) is 15.1. The van der Waals surface area contributed by atoms with Crippen LogP contribution in [0.4, 0.5) is 5.88 Å². The summed E-state index contributed by atoms with van der Waals surface area (Å²) in [5, 5.41) is 8.40. The van der Waals surface area contributed by atoms with Gasteiger partial charge >= 0.3 is 5.97 Å². The highest BCUT2D eigenvalue weighted by atomic mass is 32.2. The van der Waals surface area contributed by atoms with Gasteiger partial charge in [0.2, 0.25) is 15.9 Å². The Labute approximate surface area is 186 Å². The Hall–Kier alpha value is -3.25. The summed E-state index contributed by atoms with van der Waals surface area (Å²) in [4.78, 5) is 36.3. The minimum atomic E-state index is -3.63. The van der Waals surface area contributed by atoms with Gasteiger partial charge in [-0.3, -0.25) is 19.7 Å². The largest absolute Gasteiger partial charge is 0.451 e. The maximum absolute atomic E-state index is 12.5. The molecule has 11 nitrogen and oxygen atoms in total. The third-order valence-corrected chi connectivity index (χ3v) is 6.47. The first kappa shape index (κ1) is 25.0. The van der Waals surface area contributed by atoms with Crippen LogP contribution in [0.25, 0.3) is 0 Å². The zero-order valence-electron chi connectivity index (χ0n) is 18.2. The zero-order chi connectivity index (χ0) is 23.9. The summed E-state index contributed by atoms with van der Waals surface area (Å²) in [6.45, 7) is 6.71. The Kier molecular flexibility index (Phi) is 8.49. The van der Waals surface area contributed by atoms with Gasteiger partial charge in [0, 0.05) is 24.7 Å². The van der Waals surface area contributed by atoms with E-state index in [-0.39, 0.29) is 16.3 Å². The Morgan fingerprint density at radius 3 is 2.31 bits per heavy atom. The lowest BCUT2D eigenvalue weighted by Gasteiger charge is -2.18. The van der Waals surface area contributed by atoms with Gasteiger partial charge in [-0.05, 0) is 38.1 Å². The van der Waals surface area contributed by atoms with Crippen molar-refractivity contribution in [2.24, 2.45) is 0 Å². The van der Waals surface area contributed by atoms with E-state index in [1.165, 1.54) is 41.6 Å². The van der Waals surface area contributed by atoms with Crippen LogP contribution in [-0.2, 0) is 24.3 Å². The number of rotatable bonds is 10. The van der Waals surface area contributed by atoms with E-state index in [9.17, 15) is 22.8 Å². The van der Waals surface area contributed by atoms with Crippen molar-refractivity contribution in [2.75, 3.05) is 25.0 Å². The average Bonchev–Trinajstić information content (AvgIpc) is 3.17. The van der Waals surface area contributed by atoms with Gasteiger partial charge in [-0.2, -0.15) is 4.31 Å². The molecule has 1 heterocycles. The molecule has 0 saturated carbocycles. The molecule has 2 rings (SSSR count). The molecule has 1 unspecified atom stereocenters. The lowest BCUT2D eigenvalue weighted by molar-refractivity contribution is -0.152. The number of carbonyl (C=O) groups is 3. The molecule has 0 spiro atoms. The molecule has 0 radical (unpaired) electrons. The van der Waals surface area contributed by atoms with Gasteiger partial charge in [-0.15, -0.1) is 0 Å². The van der Waals surface area contributed by atoms with Crippen molar-refractivity contribution in [3.63, 3.8) is 0 Å². The van der Waals surface area contributed by atoms with Crippen molar-refractivity contribution >= 4 is 33.7 Å². The maximum atomic E-state index is 12.5. The van der Waals surface area contributed by atoms with Gasteiger partial charge in [0.1, 0.15) is 6.54 Å². The van der Waals surface area contributed by atoms with Crippen LogP contribution in [0.2, 0.25) is 0 Å². The summed E-state index contributed by atoms with van der Waals surface area (Å²) in [7, 11) is -3.63. The maximum Gasteiger partial charge on any atom is 0.326 e. The predicted octanol–water partition coefficient (Wildman–Crippen LogP) is 1.31. The number of aromatic nitrogens is 1. The van der Waals surface area contributed by atoms with Crippen LogP contribution in [0, 0.1) is 6.92 Å². The van der Waals surface area contributed by atoms with Crippen molar-refractivity contribution in [2.45, 2.75) is 38.7 Å². The van der Waals surface area contributed by atoms with Crippen LogP contribution in [0.15, 0.2) is 39.8 Å². The van der Waals surface area contributed by atoms with Crippen LogP contribution < -0.4 is 10.6 Å². The first-order valence-corrected chi connectivity index (χ1v) is 11.3. The van der Waals surface area contributed by atoms with E-state index in [1.807, 2.05) is 0 Å². The van der Waals surface area contributed by atoms with Gasteiger partial charge in [0.05, 0.1) is 10.6 Å². The summed E-state index contributed by atoms with van der Waals surface area (Å²) >= 11 is 0. The molecule has 174 valence electrons. The number of sulfonamides is 1. The van der Waals surface area contributed by atoms with Crippen molar-refractivity contribution in [3.05, 3.63) is 41.6 Å². The SMILES string of the molecule is CCN(CC)S(=O)(=O)c1ccc(C(=O)NCC(=O)OC(C)C(=O)Nc2cc(C)no2)cc1. The van der Waals surface area contributed by atoms with E-state index in [0.29, 0.717) is 18.8 Å². The third kappa shape index (κ3) is 6.37. The third-order valence-electron chi connectivity index (χ3n) is 4.40. The van der Waals surface area contributed by atoms with E-state index in [1.54, 1.807) is 20.8 Å². The Morgan fingerprint density at radius 2 is 1.78 bits per heavy atom. The number of anilines is 1. The van der Waals surface area contributed by atoms with E-state index in [0.717, 1.165) is 0 Å². The van der Waals surface area contributed by atoms with Crippen molar-refractivity contribution in [1.29, 1.82) is 0 Å². The molecule has 0 fully saturated rings. The molecule has 1 aromatic carbocycles. The van der Waals surface area contributed by atoms with Crippen LogP contribution in [0.1, 0.15) is 36.8 Å².